The van der Waals surface area contributed by atoms with Gasteiger partial charge in [-0.3, -0.25) is 0 Å². The average molecular weight is 167 g/mol. The lowest BCUT2D eigenvalue weighted by molar-refractivity contribution is 0.332. The van der Waals surface area contributed by atoms with Gasteiger partial charge in [0.25, 0.3) is 0 Å². The molecule has 0 unspecified atom stereocenters. The van der Waals surface area contributed by atoms with Crippen molar-refractivity contribution in [3.8, 4) is 0 Å². The molecule has 0 aromatic carbocycles. The van der Waals surface area contributed by atoms with E-state index >= 15 is 0 Å². The Morgan fingerprint density at radius 1 is 1.25 bits per heavy atom. The van der Waals surface area contributed by atoms with E-state index in [1.54, 1.807) is 0 Å². The largest absolute Gasteiger partial charge is 0.376 e. The molecule has 0 amide bonds. The molecule has 0 heterocycles. The van der Waals surface area contributed by atoms with Crippen molar-refractivity contribution in [3.05, 3.63) is 12.3 Å². The van der Waals surface area contributed by atoms with Crippen LogP contribution >= 0.6 is 0 Å². The number of rotatable bonds is 4. The van der Waals surface area contributed by atoms with Gasteiger partial charge in [0.2, 0.25) is 0 Å². The Balaban J connectivity index is 2.43. The highest BCUT2D eigenvalue weighted by Crippen LogP contribution is 2.31. The van der Waals surface area contributed by atoms with Crippen molar-refractivity contribution < 1.29 is 0 Å². The van der Waals surface area contributed by atoms with Crippen LogP contribution in [0, 0.1) is 5.92 Å². The zero-order valence-electron chi connectivity index (χ0n) is 8.47. The highest BCUT2D eigenvalue weighted by atomic mass is 15.1. The fourth-order valence-electron chi connectivity index (χ4n) is 2.15. The number of allylic oxidation sites excluding steroid dienone is 1. The highest BCUT2D eigenvalue weighted by molar-refractivity contribution is 5.01. The molecule has 0 saturated heterocycles. The molecule has 12 heavy (non-hydrogen) atoms. The second-order valence-corrected chi connectivity index (χ2v) is 3.65. The summed E-state index contributed by atoms with van der Waals surface area (Å²) in [6.07, 6.45) is 5.56. The molecule has 1 aliphatic carbocycles. The van der Waals surface area contributed by atoms with Crippen LogP contribution in [0.15, 0.2) is 12.3 Å². The van der Waals surface area contributed by atoms with Gasteiger partial charge < -0.3 is 4.90 Å². The predicted molar refractivity (Wildman–Crippen MR) is 54.0 cm³/mol. The molecule has 0 bridgehead atoms. The van der Waals surface area contributed by atoms with Gasteiger partial charge in [-0.25, -0.2) is 0 Å². The lowest BCUT2D eigenvalue weighted by atomic mass is 10.0. The van der Waals surface area contributed by atoms with E-state index < -0.39 is 0 Å². The van der Waals surface area contributed by atoms with E-state index in [1.165, 1.54) is 31.4 Å². The summed E-state index contributed by atoms with van der Waals surface area (Å²) in [7, 11) is 0. The minimum atomic E-state index is 0.796. The van der Waals surface area contributed by atoms with Crippen molar-refractivity contribution in [2.75, 3.05) is 13.1 Å². The Labute approximate surface area is 76.5 Å². The van der Waals surface area contributed by atoms with E-state index in [0.29, 0.717) is 0 Å². The molecule has 1 nitrogen and oxygen atoms in total. The van der Waals surface area contributed by atoms with E-state index in [4.69, 9.17) is 0 Å². The Hall–Kier alpha value is -0.460. The van der Waals surface area contributed by atoms with Crippen molar-refractivity contribution in [3.63, 3.8) is 0 Å². The van der Waals surface area contributed by atoms with E-state index in [1.807, 2.05) is 0 Å². The Morgan fingerprint density at radius 2 is 1.75 bits per heavy atom. The summed E-state index contributed by atoms with van der Waals surface area (Å²) in [5.41, 5.74) is 1.39. The van der Waals surface area contributed by atoms with Crippen LogP contribution in [0.4, 0.5) is 0 Å². The standard InChI is InChI=1S/C11H21N/c1-4-12(5-2)10(3)11-8-6-7-9-11/h11H,3-9H2,1-2H3. The maximum atomic E-state index is 4.20. The molecule has 1 fully saturated rings. The van der Waals surface area contributed by atoms with Gasteiger partial charge >= 0.3 is 0 Å². The number of hydrogen-bond donors (Lipinski definition) is 0. The van der Waals surface area contributed by atoms with Gasteiger partial charge in [0.1, 0.15) is 0 Å². The van der Waals surface area contributed by atoms with Gasteiger partial charge in [0, 0.05) is 18.8 Å². The van der Waals surface area contributed by atoms with Crippen molar-refractivity contribution in [2.24, 2.45) is 5.92 Å². The van der Waals surface area contributed by atoms with E-state index in [9.17, 15) is 0 Å². The Kier molecular flexibility index (Phi) is 3.64. The minimum Gasteiger partial charge on any atom is -0.376 e. The maximum Gasteiger partial charge on any atom is 0.0146 e. The summed E-state index contributed by atoms with van der Waals surface area (Å²) < 4.78 is 0. The third-order valence-corrected chi connectivity index (χ3v) is 3.00. The number of hydrogen-bond acceptors (Lipinski definition) is 1. The van der Waals surface area contributed by atoms with Crippen LogP contribution in [0.1, 0.15) is 39.5 Å². The second-order valence-electron chi connectivity index (χ2n) is 3.65. The lowest BCUT2D eigenvalue weighted by Gasteiger charge is -2.27. The first-order valence-corrected chi connectivity index (χ1v) is 5.23. The fourth-order valence-corrected chi connectivity index (χ4v) is 2.15. The zero-order chi connectivity index (χ0) is 8.97. The van der Waals surface area contributed by atoms with Crippen LogP contribution in [0.2, 0.25) is 0 Å². The molecular formula is C11H21N. The van der Waals surface area contributed by atoms with Crippen molar-refractivity contribution in [1.82, 2.24) is 4.90 Å². The summed E-state index contributed by atoms with van der Waals surface area (Å²) in [6.45, 7) is 10.9. The van der Waals surface area contributed by atoms with Gasteiger partial charge in [-0.2, -0.15) is 0 Å². The smallest absolute Gasteiger partial charge is 0.0146 e. The third kappa shape index (κ3) is 2.02. The summed E-state index contributed by atoms with van der Waals surface area (Å²) in [5, 5.41) is 0. The summed E-state index contributed by atoms with van der Waals surface area (Å²) in [6, 6.07) is 0. The van der Waals surface area contributed by atoms with Crippen LogP contribution in [0.3, 0.4) is 0 Å². The molecular weight excluding hydrogens is 146 g/mol. The van der Waals surface area contributed by atoms with Gasteiger partial charge in [0.05, 0.1) is 0 Å². The highest BCUT2D eigenvalue weighted by Gasteiger charge is 2.20. The summed E-state index contributed by atoms with van der Waals surface area (Å²) in [4.78, 5) is 2.40. The van der Waals surface area contributed by atoms with E-state index in [-0.39, 0.29) is 0 Å². The van der Waals surface area contributed by atoms with Gasteiger partial charge in [0.15, 0.2) is 0 Å². The molecule has 0 atom stereocenters. The normalized spacial score (nSPS) is 18.2. The predicted octanol–water partition coefficient (Wildman–Crippen LogP) is 3.03. The van der Waals surface area contributed by atoms with Crippen LogP contribution < -0.4 is 0 Å². The fraction of sp³-hybridized carbons (Fsp3) is 0.818. The SMILES string of the molecule is C=C(C1CCCC1)N(CC)CC. The first kappa shape index (κ1) is 9.63. The quantitative estimate of drug-likeness (QED) is 0.622. The molecule has 1 saturated carbocycles. The molecule has 0 aromatic rings. The summed E-state index contributed by atoms with van der Waals surface area (Å²) >= 11 is 0. The van der Waals surface area contributed by atoms with Crippen LogP contribution in [-0.2, 0) is 0 Å². The topological polar surface area (TPSA) is 3.24 Å². The van der Waals surface area contributed by atoms with Crippen LogP contribution in [-0.4, -0.2) is 18.0 Å². The second kappa shape index (κ2) is 4.54. The Bertz CT molecular complexity index is 137. The first-order chi connectivity index (χ1) is 5.79. The Morgan fingerprint density at radius 3 is 2.17 bits per heavy atom. The molecule has 1 aliphatic rings. The van der Waals surface area contributed by atoms with Crippen LogP contribution in [0.5, 0.6) is 0 Å². The van der Waals surface area contributed by atoms with Crippen molar-refractivity contribution in [1.29, 1.82) is 0 Å². The molecule has 0 N–H and O–H groups in total. The first-order valence-electron chi connectivity index (χ1n) is 5.23. The van der Waals surface area contributed by atoms with Gasteiger partial charge in [-0.1, -0.05) is 19.4 Å². The average Bonchev–Trinajstić information content (AvgIpc) is 2.58. The van der Waals surface area contributed by atoms with E-state index in [0.717, 1.165) is 19.0 Å². The molecule has 0 radical (unpaired) electrons. The van der Waals surface area contributed by atoms with Gasteiger partial charge in [-0.15, -0.1) is 0 Å². The minimum absolute atomic E-state index is 0.796. The monoisotopic (exact) mass is 167 g/mol. The molecule has 70 valence electrons. The lowest BCUT2D eigenvalue weighted by Crippen LogP contribution is -2.25. The molecule has 0 aromatic heterocycles. The number of nitrogens with zero attached hydrogens (tertiary/aromatic N) is 1. The summed E-state index contributed by atoms with van der Waals surface area (Å²) in [5.74, 6) is 0.796. The van der Waals surface area contributed by atoms with E-state index in [2.05, 4.69) is 25.3 Å². The maximum absolute atomic E-state index is 4.20. The zero-order valence-corrected chi connectivity index (χ0v) is 8.47. The van der Waals surface area contributed by atoms with Crippen molar-refractivity contribution in [2.45, 2.75) is 39.5 Å². The van der Waals surface area contributed by atoms with Crippen LogP contribution in [0.25, 0.3) is 0 Å². The molecule has 0 aliphatic heterocycles. The third-order valence-electron chi connectivity index (χ3n) is 3.00. The molecule has 0 spiro atoms. The van der Waals surface area contributed by atoms with Gasteiger partial charge in [-0.05, 0) is 32.6 Å². The molecule has 1 rings (SSSR count). The molecule has 1 heteroatoms. The van der Waals surface area contributed by atoms with Crippen molar-refractivity contribution >= 4 is 0 Å².